The van der Waals surface area contributed by atoms with E-state index in [9.17, 15) is 13.2 Å². The second-order valence-corrected chi connectivity index (χ2v) is 6.40. The minimum absolute atomic E-state index is 0.0223. The Morgan fingerprint density at radius 3 is 2.19 bits per heavy atom. The summed E-state index contributed by atoms with van der Waals surface area (Å²) in [5, 5.41) is 4.41. The van der Waals surface area contributed by atoms with E-state index in [-0.39, 0.29) is 21.9 Å². The number of halogens is 4. The molecule has 0 fully saturated rings. The van der Waals surface area contributed by atoms with Crippen LogP contribution in [0, 0.1) is 22.9 Å². The van der Waals surface area contributed by atoms with Crippen LogP contribution in [0.1, 0.15) is 26.5 Å². The lowest BCUT2D eigenvalue weighted by Gasteiger charge is -2.16. The summed E-state index contributed by atoms with van der Waals surface area (Å²) in [5.41, 5.74) is 6.23. The van der Waals surface area contributed by atoms with Crippen molar-refractivity contribution in [1.82, 2.24) is 9.78 Å². The monoisotopic (exact) mass is 317 g/mol. The van der Waals surface area contributed by atoms with Gasteiger partial charge in [0.2, 0.25) is 0 Å². The van der Waals surface area contributed by atoms with Gasteiger partial charge < -0.3 is 5.73 Å². The molecule has 0 saturated carbocycles. The van der Waals surface area contributed by atoms with E-state index in [0.29, 0.717) is 12.1 Å². The van der Waals surface area contributed by atoms with Gasteiger partial charge in [-0.1, -0.05) is 32.4 Å². The molecule has 7 heteroatoms. The molecule has 1 heterocycles. The predicted octanol–water partition coefficient (Wildman–Crippen LogP) is 4.11. The van der Waals surface area contributed by atoms with Gasteiger partial charge in [-0.05, 0) is 11.8 Å². The molecule has 2 aromatic rings. The molecule has 0 saturated heterocycles. The van der Waals surface area contributed by atoms with Gasteiger partial charge in [0.25, 0.3) is 0 Å². The number of nitrogens with two attached hydrogens (primary N) is 1. The van der Waals surface area contributed by atoms with E-state index in [2.05, 4.69) is 5.10 Å². The number of nitrogens with zero attached hydrogens (tertiary/aromatic N) is 2. The van der Waals surface area contributed by atoms with Gasteiger partial charge in [0, 0.05) is 12.1 Å². The summed E-state index contributed by atoms with van der Waals surface area (Å²) in [7, 11) is 0. The average Bonchev–Trinajstić information content (AvgIpc) is 2.62. The largest absolute Gasteiger partial charge is 0.382 e. The fraction of sp³-hybridized carbons (Fsp3) is 0.357. The van der Waals surface area contributed by atoms with Crippen LogP contribution in [0.4, 0.5) is 19.0 Å². The third-order valence-electron chi connectivity index (χ3n) is 2.84. The number of hydrogen-bond donors (Lipinski definition) is 1. The zero-order chi connectivity index (χ0) is 15.9. The number of rotatable bonds is 2. The fourth-order valence-corrected chi connectivity index (χ4v) is 2.12. The molecule has 0 radical (unpaired) electrons. The summed E-state index contributed by atoms with van der Waals surface area (Å²) in [5.74, 6) is -4.10. The third kappa shape index (κ3) is 3.15. The number of anilines is 1. The van der Waals surface area contributed by atoms with E-state index >= 15 is 0 Å². The summed E-state index contributed by atoms with van der Waals surface area (Å²) in [6.45, 7) is 5.99. The fourth-order valence-electron chi connectivity index (χ4n) is 1.94. The van der Waals surface area contributed by atoms with Crippen molar-refractivity contribution in [1.29, 1.82) is 0 Å². The van der Waals surface area contributed by atoms with Gasteiger partial charge in [0.1, 0.15) is 10.8 Å². The van der Waals surface area contributed by atoms with Crippen LogP contribution >= 0.6 is 11.6 Å². The van der Waals surface area contributed by atoms with Crippen molar-refractivity contribution in [2.45, 2.75) is 27.2 Å². The van der Waals surface area contributed by atoms with Crippen molar-refractivity contribution in [2.24, 2.45) is 5.41 Å². The Balaban J connectivity index is 2.53. The molecule has 0 atom stereocenters. The van der Waals surface area contributed by atoms with Crippen molar-refractivity contribution >= 4 is 17.4 Å². The lowest BCUT2D eigenvalue weighted by molar-refractivity contribution is 0.405. The van der Waals surface area contributed by atoms with Gasteiger partial charge in [0.05, 0.1) is 11.4 Å². The van der Waals surface area contributed by atoms with Crippen LogP contribution in [0.2, 0.25) is 5.02 Å². The van der Waals surface area contributed by atoms with E-state index in [0.717, 1.165) is 16.8 Å². The lowest BCUT2D eigenvalue weighted by atomic mass is 9.91. The van der Waals surface area contributed by atoms with Gasteiger partial charge in [0.15, 0.2) is 17.5 Å². The Kier molecular flexibility index (Phi) is 3.93. The van der Waals surface area contributed by atoms with Crippen molar-refractivity contribution < 1.29 is 13.2 Å². The Morgan fingerprint density at radius 2 is 1.71 bits per heavy atom. The minimum atomic E-state index is -1.54. The molecule has 0 amide bonds. The summed E-state index contributed by atoms with van der Waals surface area (Å²) < 4.78 is 40.7. The average molecular weight is 318 g/mol. The number of benzene rings is 1. The van der Waals surface area contributed by atoms with Crippen LogP contribution in [0.15, 0.2) is 12.1 Å². The predicted molar refractivity (Wildman–Crippen MR) is 76.0 cm³/mol. The SMILES string of the molecule is CC(C)(C)Cc1nn(-c2cc(F)c(F)c(F)c2)c(N)c1Cl. The van der Waals surface area contributed by atoms with Crippen LogP contribution < -0.4 is 5.73 Å². The van der Waals surface area contributed by atoms with Crippen LogP contribution in [0.5, 0.6) is 0 Å². The second kappa shape index (κ2) is 5.26. The first kappa shape index (κ1) is 15.7. The van der Waals surface area contributed by atoms with E-state index in [4.69, 9.17) is 17.3 Å². The molecule has 1 aromatic heterocycles. The molecule has 0 bridgehead atoms. The summed E-state index contributed by atoms with van der Waals surface area (Å²) in [6.07, 6.45) is 0.537. The molecule has 0 aliphatic rings. The lowest BCUT2D eigenvalue weighted by Crippen LogP contribution is -2.10. The topological polar surface area (TPSA) is 43.8 Å². The van der Waals surface area contributed by atoms with Gasteiger partial charge in [-0.3, -0.25) is 0 Å². The Bertz CT molecular complexity index is 666. The van der Waals surface area contributed by atoms with Crippen LogP contribution in [0.25, 0.3) is 5.69 Å². The number of nitrogen functional groups attached to an aromatic ring is 1. The maximum Gasteiger partial charge on any atom is 0.194 e. The highest BCUT2D eigenvalue weighted by Gasteiger charge is 2.22. The Labute approximate surface area is 125 Å². The second-order valence-electron chi connectivity index (χ2n) is 6.02. The molecular formula is C14H15ClF3N3. The molecular weight excluding hydrogens is 303 g/mol. The van der Waals surface area contributed by atoms with E-state index < -0.39 is 17.5 Å². The molecule has 3 nitrogen and oxygen atoms in total. The maximum absolute atomic E-state index is 13.3. The highest BCUT2D eigenvalue weighted by molar-refractivity contribution is 6.33. The van der Waals surface area contributed by atoms with E-state index in [1.54, 1.807) is 0 Å². The highest BCUT2D eigenvalue weighted by atomic mass is 35.5. The van der Waals surface area contributed by atoms with Crippen molar-refractivity contribution in [3.05, 3.63) is 40.3 Å². The molecule has 0 unspecified atom stereocenters. The summed E-state index contributed by atoms with van der Waals surface area (Å²) in [4.78, 5) is 0. The molecule has 1 aromatic carbocycles. The quantitative estimate of drug-likeness (QED) is 0.847. The standard InChI is InChI=1S/C14H15ClF3N3/c1-14(2,3)6-10-11(15)13(19)21(20-10)7-4-8(16)12(18)9(17)5-7/h4-5H,6,19H2,1-3H3. The number of hydrogen-bond acceptors (Lipinski definition) is 2. The van der Waals surface area contributed by atoms with Crippen LogP contribution in [-0.4, -0.2) is 9.78 Å². The third-order valence-corrected chi connectivity index (χ3v) is 3.25. The van der Waals surface area contributed by atoms with E-state index in [1.807, 2.05) is 20.8 Å². The number of aromatic nitrogens is 2. The zero-order valence-electron chi connectivity index (χ0n) is 11.8. The molecule has 114 valence electrons. The van der Waals surface area contributed by atoms with Crippen LogP contribution in [-0.2, 0) is 6.42 Å². The smallest absolute Gasteiger partial charge is 0.194 e. The molecule has 2 N–H and O–H groups in total. The molecule has 0 aliphatic carbocycles. The van der Waals surface area contributed by atoms with E-state index in [1.165, 1.54) is 0 Å². The first-order chi connectivity index (χ1) is 9.60. The zero-order valence-corrected chi connectivity index (χ0v) is 12.6. The van der Waals surface area contributed by atoms with Gasteiger partial charge in [-0.2, -0.15) is 5.10 Å². The molecule has 2 rings (SSSR count). The summed E-state index contributed by atoms with van der Waals surface area (Å²) in [6, 6.07) is 1.64. The highest BCUT2D eigenvalue weighted by Crippen LogP contribution is 2.31. The van der Waals surface area contributed by atoms with Gasteiger partial charge in [-0.25, -0.2) is 17.9 Å². The minimum Gasteiger partial charge on any atom is -0.382 e. The van der Waals surface area contributed by atoms with Crippen LogP contribution in [0.3, 0.4) is 0 Å². The first-order valence-electron chi connectivity index (χ1n) is 6.28. The van der Waals surface area contributed by atoms with Gasteiger partial charge >= 0.3 is 0 Å². The Morgan fingerprint density at radius 1 is 1.19 bits per heavy atom. The van der Waals surface area contributed by atoms with Crippen molar-refractivity contribution in [3.63, 3.8) is 0 Å². The summed E-state index contributed by atoms with van der Waals surface area (Å²) >= 11 is 6.11. The molecule has 0 spiro atoms. The molecule has 0 aliphatic heterocycles. The normalized spacial score (nSPS) is 12.0. The Hall–Kier alpha value is -1.69. The molecule has 21 heavy (non-hydrogen) atoms. The van der Waals surface area contributed by atoms with Crippen molar-refractivity contribution in [2.75, 3.05) is 5.73 Å². The van der Waals surface area contributed by atoms with Gasteiger partial charge in [-0.15, -0.1) is 0 Å². The van der Waals surface area contributed by atoms with Crippen molar-refractivity contribution in [3.8, 4) is 5.69 Å². The maximum atomic E-state index is 13.3. The first-order valence-corrected chi connectivity index (χ1v) is 6.66.